The zero-order chi connectivity index (χ0) is 18.2. The number of sulfonamides is 1. The molecule has 9 heteroatoms. The molecule has 0 unspecified atom stereocenters. The molecule has 0 saturated carbocycles. The lowest BCUT2D eigenvalue weighted by Crippen LogP contribution is -2.39. The summed E-state index contributed by atoms with van der Waals surface area (Å²) in [5.74, 6) is -0.517. The van der Waals surface area contributed by atoms with Gasteiger partial charge in [0.15, 0.2) is 0 Å². The van der Waals surface area contributed by atoms with Crippen molar-refractivity contribution in [3.05, 3.63) is 63.1 Å². The molecule has 130 valence electrons. The van der Waals surface area contributed by atoms with Crippen LogP contribution in [-0.2, 0) is 29.5 Å². The zero-order valence-electron chi connectivity index (χ0n) is 13.4. The highest BCUT2D eigenvalue weighted by molar-refractivity contribution is 7.88. The highest BCUT2D eigenvalue weighted by Crippen LogP contribution is 2.17. The summed E-state index contributed by atoms with van der Waals surface area (Å²) in [5, 5.41) is 9.11. The van der Waals surface area contributed by atoms with E-state index in [1.807, 2.05) is 6.07 Å². The van der Waals surface area contributed by atoms with Gasteiger partial charge in [-0.25, -0.2) is 17.8 Å². The first-order valence-electron chi connectivity index (χ1n) is 7.50. The summed E-state index contributed by atoms with van der Waals surface area (Å²) in [6.45, 7) is 0.398. The van der Waals surface area contributed by atoms with Gasteiger partial charge in [0, 0.05) is 12.1 Å². The molecule has 1 aliphatic heterocycles. The van der Waals surface area contributed by atoms with Crippen LogP contribution < -0.4 is 5.56 Å². The smallest absolute Gasteiger partial charge is 0.257 e. The van der Waals surface area contributed by atoms with Crippen LogP contribution in [0.2, 0.25) is 0 Å². The largest absolute Gasteiger partial charge is 0.294 e. The fourth-order valence-corrected chi connectivity index (χ4v) is 3.59. The highest BCUT2D eigenvalue weighted by atomic mass is 32.2. The molecule has 25 heavy (non-hydrogen) atoms. The van der Waals surface area contributed by atoms with Crippen molar-refractivity contribution in [2.24, 2.45) is 0 Å². The molecule has 0 saturated heterocycles. The molecular weight excluding hydrogens is 347 g/mol. The maximum absolute atomic E-state index is 13.2. The van der Waals surface area contributed by atoms with Crippen LogP contribution >= 0.6 is 0 Å². The van der Waals surface area contributed by atoms with Gasteiger partial charge in [-0.15, -0.1) is 0 Å². The third-order valence-electron chi connectivity index (χ3n) is 4.16. The second-order valence-corrected chi connectivity index (χ2v) is 7.85. The van der Waals surface area contributed by atoms with E-state index in [2.05, 4.69) is 4.98 Å². The van der Waals surface area contributed by atoms with E-state index in [9.17, 15) is 17.6 Å². The van der Waals surface area contributed by atoms with E-state index < -0.39 is 15.8 Å². The molecule has 0 radical (unpaired) electrons. The fraction of sp³-hybridized carbons (Fsp3) is 0.312. The van der Waals surface area contributed by atoms with E-state index in [-0.39, 0.29) is 37.2 Å². The Balaban J connectivity index is 1.95. The molecule has 1 aliphatic rings. The molecule has 1 aromatic carbocycles. The Morgan fingerprint density at radius 1 is 1.40 bits per heavy atom. The van der Waals surface area contributed by atoms with Gasteiger partial charge in [-0.05, 0) is 24.1 Å². The number of nitrogens with zero attached hydrogens (tertiary/aromatic N) is 4. The van der Waals surface area contributed by atoms with Gasteiger partial charge >= 0.3 is 0 Å². The van der Waals surface area contributed by atoms with E-state index >= 15 is 0 Å². The summed E-state index contributed by atoms with van der Waals surface area (Å²) >= 11 is 0. The van der Waals surface area contributed by atoms with Crippen molar-refractivity contribution in [1.29, 1.82) is 5.26 Å². The van der Waals surface area contributed by atoms with E-state index in [1.165, 1.54) is 27.3 Å². The molecule has 1 aromatic heterocycles. The number of fused-ring (bicyclic) bond motifs is 1. The summed E-state index contributed by atoms with van der Waals surface area (Å²) in [5.41, 5.74) is 1.32. The molecule has 0 aliphatic carbocycles. The topological polar surface area (TPSA) is 96.1 Å². The second kappa shape index (κ2) is 6.38. The van der Waals surface area contributed by atoms with Gasteiger partial charge in [-0.1, -0.05) is 6.07 Å². The number of nitriles is 1. The van der Waals surface area contributed by atoms with Crippen molar-refractivity contribution in [2.75, 3.05) is 12.8 Å². The minimum Gasteiger partial charge on any atom is -0.294 e. The summed E-state index contributed by atoms with van der Waals surface area (Å²) in [7, 11) is -3.34. The first-order valence-corrected chi connectivity index (χ1v) is 9.35. The van der Waals surface area contributed by atoms with Crippen LogP contribution in [0, 0.1) is 17.1 Å². The number of aromatic nitrogens is 2. The number of halogens is 1. The van der Waals surface area contributed by atoms with Gasteiger partial charge in [0.1, 0.15) is 5.82 Å². The minimum absolute atomic E-state index is 0.0737. The highest BCUT2D eigenvalue weighted by Gasteiger charge is 2.26. The first-order chi connectivity index (χ1) is 11.8. The van der Waals surface area contributed by atoms with Crippen LogP contribution in [0.3, 0.4) is 0 Å². The fourth-order valence-electron chi connectivity index (χ4n) is 2.81. The number of hydrogen-bond donors (Lipinski definition) is 0. The van der Waals surface area contributed by atoms with Crippen LogP contribution in [0.5, 0.6) is 0 Å². The maximum Gasteiger partial charge on any atom is 0.257 e. The average molecular weight is 362 g/mol. The normalized spacial score (nSPS) is 14.8. The van der Waals surface area contributed by atoms with Gasteiger partial charge in [0.25, 0.3) is 5.56 Å². The molecule has 0 N–H and O–H groups in total. The third-order valence-corrected chi connectivity index (χ3v) is 5.41. The van der Waals surface area contributed by atoms with Crippen molar-refractivity contribution in [3.63, 3.8) is 0 Å². The van der Waals surface area contributed by atoms with E-state index in [0.717, 1.165) is 12.3 Å². The van der Waals surface area contributed by atoms with Gasteiger partial charge in [-0.2, -0.15) is 9.57 Å². The Hall–Kier alpha value is -2.57. The second-order valence-electron chi connectivity index (χ2n) is 5.86. The molecule has 0 amide bonds. The van der Waals surface area contributed by atoms with Crippen molar-refractivity contribution in [2.45, 2.75) is 19.5 Å². The lowest BCUT2D eigenvalue weighted by atomic mass is 10.1. The van der Waals surface area contributed by atoms with Gasteiger partial charge in [0.05, 0.1) is 43.0 Å². The molecule has 7 nitrogen and oxygen atoms in total. The zero-order valence-corrected chi connectivity index (χ0v) is 14.3. The Morgan fingerprint density at radius 2 is 2.16 bits per heavy atom. The lowest BCUT2D eigenvalue weighted by molar-refractivity contribution is 0.384. The summed E-state index contributed by atoms with van der Waals surface area (Å²) in [6, 6.07) is 5.73. The van der Waals surface area contributed by atoms with Crippen LogP contribution in [0.1, 0.15) is 22.4 Å². The Morgan fingerprint density at radius 3 is 2.84 bits per heavy atom. The predicted octanol–water partition coefficient (Wildman–Crippen LogP) is 0.620. The lowest BCUT2D eigenvalue weighted by Gasteiger charge is -2.25. The van der Waals surface area contributed by atoms with E-state index in [1.54, 1.807) is 0 Å². The van der Waals surface area contributed by atoms with E-state index in [4.69, 9.17) is 5.26 Å². The monoisotopic (exact) mass is 362 g/mol. The Kier molecular flexibility index (Phi) is 4.41. The van der Waals surface area contributed by atoms with Crippen LogP contribution in [0.25, 0.3) is 0 Å². The Bertz CT molecular complexity index is 1040. The molecule has 2 aromatic rings. The molecule has 0 bridgehead atoms. The van der Waals surface area contributed by atoms with Crippen LogP contribution in [-0.4, -0.2) is 35.1 Å². The van der Waals surface area contributed by atoms with Crippen LogP contribution in [0.15, 0.2) is 29.3 Å². The predicted molar refractivity (Wildman–Crippen MR) is 87.7 cm³/mol. The van der Waals surface area contributed by atoms with Gasteiger partial charge < -0.3 is 0 Å². The van der Waals surface area contributed by atoms with Crippen molar-refractivity contribution in [1.82, 2.24) is 13.9 Å². The molecular formula is C16H15FN4O3S. The maximum atomic E-state index is 13.2. The van der Waals surface area contributed by atoms with Crippen molar-refractivity contribution >= 4 is 10.0 Å². The SMILES string of the molecule is CS(=O)(=O)N1CCc2c(ncn(Cc3ccc(F)cc3C#N)c2=O)C1. The summed E-state index contributed by atoms with van der Waals surface area (Å²) < 4.78 is 39.1. The standard InChI is InChI=1S/C16H15FN4O3S/c1-25(23,24)21-5-4-14-15(9-21)19-10-20(16(14)22)8-11-2-3-13(17)6-12(11)7-18/h2-3,6,10H,4-5,8-9H2,1H3. The molecule has 0 atom stereocenters. The number of hydrogen-bond acceptors (Lipinski definition) is 5. The van der Waals surface area contributed by atoms with Crippen molar-refractivity contribution < 1.29 is 12.8 Å². The molecule has 3 rings (SSSR count). The third kappa shape index (κ3) is 3.45. The number of benzene rings is 1. The van der Waals surface area contributed by atoms with Gasteiger partial charge in [-0.3, -0.25) is 9.36 Å². The molecule has 0 spiro atoms. The van der Waals surface area contributed by atoms with Crippen molar-refractivity contribution in [3.8, 4) is 6.07 Å². The summed E-state index contributed by atoms with van der Waals surface area (Å²) in [6.07, 6.45) is 2.73. The summed E-state index contributed by atoms with van der Waals surface area (Å²) in [4.78, 5) is 16.9. The quantitative estimate of drug-likeness (QED) is 0.797. The van der Waals surface area contributed by atoms with E-state index in [0.29, 0.717) is 16.8 Å². The number of rotatable bonds is 3. The Labute approximate surface area is 144 Å². The molecule has 2 heterocycles. The average Bonchev–Trinajstić information content (AvgIpc) is 2.57. The minimum atomic E-state index is -3.34. The molecule has 0 fully saturated rings. The first kappa shape index (κ1) is 17.3. The van der Waals surface area contributed by atoms with Crippen LogP contribution in [0.4, 0.5) is 4.39 Å². The van der Waals surface area contributed by atoms with Gasteiger partial charge in [0.2, 0.25) is 10.0 Å².